The molecule has 2 N–H and O–H groups in total. The molecule has 0 aromatic carbocycles. The van der Waals surface area contributed by atoms with Crippen molar-refractivity contribution in [1.29, 1.82) is 0 Å². The molecule has 2 saturated heterocycles. The number of hydrogen-bond donors (Lipinski definition) is 2. The van der Waals surface area contributed by atoms with E-state index in [4.69, 9.17) is 19.2 Å². The van der Waals surface area contributed by atoms with E-state index < -0.39 is 72.7 Å². The van der Waals surface area contributed by atoms with E-state index in [9.17, 15) is 24.9 Å². The highest BCUT2D eigenvalue weighted by molar-refractivity contribution is 6.76. The van der Waals surface area contributed by atoms with Crippen LogP contribution < -0.4 is 0 Å². The highest BCUT2D eigenvalue weighted by Crippen LogP contribution is 2.46. The average molecular weight is 559 g/mol. The van der Waals surface area contributed by atoms with Crippen LogP contribution in [0.15, 0.2) is 0 Å². The minimum atomic E-state index is -1.54. The quantitative estimate of drug-likeness (QED) is 0.0967. The summed E-state index contributed by atoms with van der Waals surface area (Å²) in [6.45, 7) is 20.4. The minimum Gasteiger partial charge on any atom is -0.465 e. The lowest BCUT2D eigenvalue weighted by molar-refractivity contribution is -0.320. The summed E-state index contributed by atoms with van der Waals surface area (Å²) in [5, 5.41) is 19.9. The summed E-state index contributed by atoms with van der Waals surface area (Å²) in [7, 11) is -1.54. The van der Waals surface area contributed by atoms with Crippen LogP contribution in [0.4, 0.5) is 0 Å². The zero-order chi connectivity index (χ0) is 29.2. The minimum absolute atomic E-state index is 0.0226. The van der Waals surface area contributed by atoms with Crippen molar-refractivity contribution < 1.29 is 44.1 Å². The third-order valence-corrected chi connectivity index (χ3v) is 10.2. The molecule has 8 atom stereocenters. The van der Waals surface area contributed by atoms with Gasteiger partial charge in [-0.15, -0.1) is 0 Å². The summed E-state index contributed by atoms with van der Waals surface area (Å²) in [6.07, 6.45) is -0.156. The number of cyclic esters (lactones) is 3. The summed E-state index contributed by atoms with van der Waals surface area (Å²) in [6, 6.07) is 0.895. The van der Waals surface area contributed by atoms with E-state index in [1.54, 1.807) is 0 Å². The lowest BCUT2D eigenvalue weighted by Crippen LogP contribution is -2.44. The Morgan fingerprint density at radius 1 is 1.05 bits per heavy atom. The molecule has 2 rings (SSSR count). The van der Waals surface area contributed by atoms with Gasteiger partial charge in [0, 0.05) is 13.5 Å². The zero-order valence-corrected chi connectivity index (χ0v) is 25.9. The summed E-state index contributed by atoms with van der Waals surface area (Å²) in [5.74, 6) is -4.07. The Morgan fingerprint density at radius 2 is 1.66 bits per heavy atom. The highest BCUT2D eigenvalue weighted by Gasteiger charge is 2.53. The van der Waals surface area contributed by atoms with Crippen molar-refractivity contribution in [3.63, 3.8) is 0 Å². The molecule has 2 aliphatic rings. The van der Waals surface area contributed by atoms with Crippen molar-refractivity contribution in [2.75, 3.05) is 6.61 Å². The van der Waals surface area contributed by atoms with Gasteiger partial charge in [-0.25, -0.2) is 9.78 Å². The van der Waals surface area contributed by atoms with Gasteiger partial charge in [0.25, 0.3) is 0 Å². The molecule has 8 unspecified atom stereocenters. The van der Waals surface area contributed by atoms with Crippen LogP contribution in [0.3, 0.4) is 0 Å². The van der Waals surface area contributed by atoms with Crippen molar-refractivity contribution in [1.82, 2.24) is 0 Å². The van der Waals surface area contributed by atoms with E-state index in [2.05, 4.69) is 19.6 Å². The third-order valence-electron chi connectivity index (χ3n) is 8.44. The molecule has 0 aliphatic carbocycles. The van der Waals surface area contributed by atoms with Crippen LogP contribution in [0, 0.1) is 46.3 Å². The fourth-order valence-electron chi connectivity index (χ4n) is 6.69. The molecule has 0 radical (unpaired) electrons. The fraction of sp³-hybridized carbons (Fsp3) is 0.893. The first-order chi connectivity index (χ1) is 17.4. The maximum absolute atomic E-state index is 13.0. The Hall–Kier alpha value is -1.33. The van der Waals surface area contributed by atoms with Gasteiger partial charge in [-0.2, -0.15) is 0 Å². The smallest absolute Gasteiger partial charge is 0.317 e. The van der Waals surface area contributed by atoms with Crippen LogP contribution in [0.1, 0.15) is 67.7 Å². The van der Waals surface area contributed by atoms with E-state index >= 15 is 0 Å². The van der Waals surface area contributed by atoms with Crippen LogP contribution in [0.25, 0.3) is 0 Å². The molecular weight excluding hydrogens is 508 g/mol. The second-order valence-corrected chi connectivity index (χ2v) is 20.1. The first-order valence-electron chi connectivity index (χ1n) is 13.9. The lowest BCUT2D eigenvalue weighted by atomic mass is 9.68. The topological polar surface area (TPSA) is 129 Å². The van der Waals surface area contributed by atoms with E-state index in [-0.39, 0.29) is 24.9 Å². The van der Waals surface area contributed by atoms with Crippen molar-refractivity contribution in [2.45, 2.75) is 106 Å². The molecule has 0 aromatic rings. The lowest BCUT2D eigenvalue weighted by Gasteiger charge is -2.39. The molecule has 0 amide bonds. The maximum Gasteiger partial charge on any atom is 0.317 e. The van der Waals surface area contributed by atoms with Gasteiger partial charge < -0.3 is 9.47 Å². The van der Waals surface area contributed by atoms with Gasteiger partial charge in [0.05, 0.1) is 24.4 Å². The molecule has 0 aromatic heterocycles. The van der Waals surface area contributed by atoms with Crippen molar-refractivity contribution in [3.8, 4) is 0 Å². The van der Waals surface area contributed by atoms with E-state index in [0.717, 1.165) is 12.5 Å². The predicted octanol–water partition coefficient (Wildman–Crippen LogP) is 5.66. The molecule has 2 heterocycles. The van der Waals surface area contributed by atoms with Crippen molar-refractivity contribution in [3.05, 3.63) is 0 Å². The van der Waals surface area contributed by atoms with Gasteiger partial charge in [0.2, 0.25) is 0 Å². The summed E-state index contributed by atoms with van der Waals surface area (Å²) in [4.78, 5) is 48.5. The number of carbonyl (C=O) groups is 3. The molecule has 0 bridgehead atoms. The number of carbonyl (C=O) groups excluding carboxylic acids is 3. The molecule has 0 saturated carbocycles. The number of hydrogen-bond acceptors (Lipinski definition) is 9. The standard InChI is InChI=1S/C28H50O9Si/c1-11-17(14-38(8,9)10)20-19(24(29)35-25(20)30)13-18(23(37-33)27(3,4)5)12-16(2)22(36-32)21-26(31)34-15-28(21,6)7/h16-23,32-33H,11-15H2,1-10H3. The van der Waals surface area contributed by atoms with Crippen LogP contribution in [0.2, 0.25) is 25.7 Å². The molecule has 10 heteroatoms. The molecule has 220 valence electrons. The summed E-state index contributed by atoms with van der Waals surface area (Å²) < 4.78 is 10.5. The second-order valence-electron chi connectivity index (χ2n) is 14.6. The Morgan fingerprint density at radius 3 is 2.08 bits per heavy atom. The van der Waals surface area contributed by atoms with Gasteiger partial charge >= 0.3 is 17.9 Å². The zero-order valence-electron chi connectivity index (χ0n) is 24.9. The predicted molar refractivity (Wildman–Crippen MR) is 145 cm³/mol. The van der Waals surface area contributed by atoms with E-state index in [0.29, 0.717) is 6.42 Å². The molecule has 0 spiro atoms. The number of esters is 3. The van der Waals surface area contributed by atoms with Crippen LogP contribution in [-0.4, -0.2) is 55.3 Å². The Labute approximate surface area is 228 Å². The first-order valence-corrected chi connectivity index (χ1v) is 17.6. The Kier molecular flexibility index (Phi) is 10.8. The number of rotatable bonds is 13. The average Bonchev–Trinajstić information content (AvgIpc) is 3.20. The number of ether oxygens (including phenoxy) is 2. The molecule has 2 fully saturated rings. The van der Waals surface area contributed by atoms with Crippen LogP contribution in [-0.2, 0) is 33.6 Å². The Balaban J connectivity index is 2.42. The maximum atomic E-state index is 13.0. The van der Waals surface area contributed by atoms with Crippen molar-refractivity contribution in [2.24, 2.45) is 46.3 Å². The largest absolute Gasteiger partial charge is 0.465 e. The monoisotopic (exact) mass is 558 g/mol. The summed E-state index contributed by atoms with van der Waals surface area (Å²) in [5.41, 5.74) is -1.05. The van der Waals surface area contributed by atoms with Crippen LogP contribution >= 0.6 is 0 Å². The van der Waals surface area contributed by atoms with E-state index in [1.807, 2.05) is 48.5 Å². The molecular formula is C28H50O9Si. The fourth-order valence-corrected chi connectivity index (χ4v) is 8.81. The van der Waals surface area contributed by atoms with Gasteiger partial charge in [-0.3, -0.25) is 24.9 Å². The van der Waals surface area contributed by atoms with Gasteiger partial charge in [-0.05, 0) is 36.0 Å². The summed E-state index contributed by atoms with van der Waals surface area (Å²) >= 11 is 0. The highest BCUT2D eigenvalue weighted by atomic mass is 28.3. The van der Waals surface area contributed by atoms with Gasteiger partial charge in [0.15, 0.2) is 0 Å². The molecule has 38 heavy (non-hydrogen) atoms. The normalized spacial score (nSPS) is 28.0. The molecule has 2 aliphatic heterocycles. The van der Waals surface area contributed by atoms with Crippen LogP contribution in [0.5, 0.6) is 0 Å². The first kappa shape index (κ1) is 32.9. The Bertz CT molecular complexity index is 844. The second kappa shape index (κ2) is 12.5. The third kappa shape index (κ3) is 7.65. The van der Waals surface area contributed by atoms with Gasteiger partial charge in [0.1, 0.15) is 12.2 Å². The molecule has 9 nitrogen and oxygen atoms in total. The van der Waals surface area contributed by atoms with Gasteiger partial charge in [-0.1, -0.05) is 80.6 Å². The van der Waals surface area contributed by atoms with E-state index in [1.165, 1.54) is 0 Å². The SMILES string of the molecule is CCC(C[Si](C)(C)C)C1C(=O)OC(=O)C1CC(CC(C)C(OO)C1C(=O)OCC1(C)C)C(OO)C(C)(C)C. The van der Waals surface area contributed by atoms with Crippen molar-refractivity contribution >= 4 is 26.0 Å².